The number of allylic oxidation sites excluding steroid dienone is 1. The molecular formula is C24H31NO6S. The van der Waals surface area contributed by atoms with Gasteiger partial charge in [-0.3, -0.25) is 14.4 Å². The fourth-order valence-electron chi connectivity index (χ4n) is 7.67. The minimum absolute atomic E-state index is 0.0750. The van der Waals surface area contributed by atoms with Crippen LogP contribution in [0.2, 0.25) is 0 Å². The number of nitrogens with zero attached hydrogens (tertiary/aromatic N) is 1. The number of ketones is 2. The highest BCUT2D eigenvalue weighted by Crippen LogP contribution is 2.72. The van der Waals surface area contributed by atoms with Crippen molar-refractivity contribution in [3.63, 3.8) is 0 Å². The lowest BCUT2D eigenvalue weighted by molar-refractivity contribution is -0.178. The van der Waals surface area contributed by atoms with Gasteiger partial charge in [-0.2, -0.15) is 5.26 Å². The molecule has 3 fully saturated rings. The van der Waals surface area contributed by atoms with Crippen LogP contribution in [0.25, 0.3) is 0 Å². The molecule has 4 rings (SSSR count). The maximum absolute atomic E-state index is 13.0. The Labute approximate surface area is 192 Å². The average Bonchev–Trinajstić information content (AvgIpc) is 2.99. The van der Waals surface area contributed by atoms with Crippen LogP contribution in [-0.2, 0) is 19.1 Å². The number of carbonyl (C=O) groups excluding carboxylic acids is 3. The van der Waals surface area contributed by atoms with Crippen LogP contribution in [0.4, 0.5) is 0 Å². The van der Waals surface area contributed by atoms with E-state index < -0.39 is 45.6 Å². The van der Waals surface area contributed by atoms with Crippen LogP contribution in [0.3, 0.4) is 0 Å². The summed E-state index contributed by atoms with van der Waals surface area (Å²) in [6, 6.07) is 0. The second kappa shape index (κ2) is 7.68. The normalized spacial score (nSPS) is 45.1. The average molecular weight is 462 g/mol. The largest absolute Gasteiger partial charge is 0.458 e. The van der Waals surface area contributed by atoms with Crippen molar-refractivity contribution in [1.82, 2.24) is 0 Å². The van der Waals surface area contributed by atoms with Crippen molar-refractivity contribution in [2.24, 2.45) is 22.7 Å². The smallest absolute Gasteiger partial charge is 0.303 e. The van der Waals surface area contributed by atoms with E-state index >= 15 is 0 Å². The summed E-state index contributed by atoms with van der Waals surface area (Å²) in [4.78, 5) is 36.4. The zero-order valence-electron chi connectivity index (χ0n) is 18.8. The fourth-order valence-corrected chi connectivity index (χ4v) is 8.94. The molecule has 0 saturated heterocycles. The number of hydrogen-bond acceptors (Lipinski definition) is 8. The number of nitriles is 1. The summed E-state index contributed by atoms with van der Waals surface area (Å²) in [6.07, 6.45) is 4.15. The van der Waals surface area contributed by atoms with Gasteiger partial charge < -0.3 is 14.9 Å². The van der Waals surface area contributed by atoms with Gasteiger partial charge in [-0.05, 0) is 68.2 Å². The number of aliphatic hydroxyl groups is 2. The molecule has 0 aliphatic heterocycles. The lowest BCUT2D eigenvalue weighted by Gasteiger charge is -2.66. The number of aliphatic hydroxyl groups excluding tert-OH is 1. The van der Waals surface area contributed by atoms with E-state index in [4.69, 9.17) is 4.74 Å². The second-order valence-corrected chi connectivity index (χ2v) is 11.5. The number of carbonyl (C=O) groups is 3. The Morgan fingerprint density at radius 2 is 1.97 bits per heavy atom. The molecule has 0 aromatic carbocycles. The maximum Gasteiger partial charge on any atom is 0.303 e. The molecule has 1 unspecified atom stereocenters. The quantitative estimate of drug-likeness (QED) is 0.484. The van der Waals surface area contributed by atoms with E-state index in [0.29, 0.717) is 32.1 Å². The minimum atomic E-state index is -1.70. The predicted molar refractivity (Wildman–Crippen MR) is 117 cm³/mol. The first-order chi connectivity index (χ1) is 15.0. The first-order valence-electron chi connectivity index (χ1n) is 11.3. The monoisotopic (exact) mass is 461 g/mol. The van der Waals surface area contributed by atoms with Crippen molar-refractivity contribution in [1.29, 1.82) is 5.26 Å². The summed E-state index contributed by atoms with van der Waals surface area (Å²) in [7, 11) is 0. The Morgan fingerprint density at radius 3 is 2.62 bits per heavy atom. The summed E-state index contributed by atoms with van der Waals surface area (Å²) in [5.41, 5.74) is -2.09. The molecule has 0 heterocycles. The molecule has 0 aromatic heterocycles. The van der Waals surface area contributed by atoms with E-state index in [1.165, 1.54) is 6.92 Å². The topological polar surface area (TPSA) is 125 Å². The van der Waals surface area contributed by atoms with Gasteiger partial charge in [0.05, 0.1) is 10.9 Å². The van der Waals surface area contributed by atoms with Crippen LogP contribution in [0.15, 0.2) is 11.6 Å². The molecule has 0 spiro atoms. The number of hydrogen-bond donors (Lipinski definition) is 2. The molecule has 4 aliphatic carbocycles. The number of esters is 1. The Balaban J connectivity index is 1.77. The molecule has 4 aliphatic rings. The standard InChI is InChI=1S/C24H31NO6S/c1-14(26)31-12-20(29)23(30)9-7-17-18-5-4-15-10-16(27)6-8-21(15,2)24(18,32-13-25)19(28)11-22(17,23)3/h10,17-19,28,30H,4-9,11-12H2,1-3H3/t17-,18-,19?,21-,22-,23-,24-/m0/s1. The Bertz CT molecular complexity index is 941. The first-order valence-corrected chi connectivity index (χ1v) is 12.2. The molecular weight excluding hydrogens is 430 g/mol. The summed E-state index contributed by atoms with van der Waals surface area (Å²) in [5, 5.41) is 35.4. The van der Waals surface area contributed by atoms with Gasteiger partial charge in [-0.25, -0.2) is 0 Å². The third-order valence-electron chi connectivity index (χ3n) is 9.31. The van der Waals surface area contributed by atoms with Crippen molar-refractivity contribution < 1.29 is 29.3 Å². The number of ether oxygens (including phenoxy) is 1. The molecule has 174 valence electrons. The predicted octanol–water partition coefficient (Wildman–Crippen LogP) is 2.69. The van der Waals surface area contributed by atoms with E-state index in [-0.39, 0.29) is 30.5 Å². The van der Waals surface area contributed by atoms with Crippen molar-refractivity contribution in [3.8, 4) is 5.40 Å². The first kappa shape index (κ1) is 23.5. The maximum atomic E-state index is 13.0. The minimum Gasteiger partial charge on any atom is -0.458 e. The second-order valence-electron chi connectivity index (χ2n) is 10.4. The fraction of sp³-hybridized carbons (Fsp3) is 0.750. The molecule has 3 saturated carbocycles. The van der Waals surface area contributed by atoms with Crippen molar-refractivity contribution in [2.45, 2.75) is 82.2 Å². The Kier molecular flexibility index (Phi) is 5.63. The zero-order chi connectivity index (χ0) is 23.5. The van der Waals surface area contributed by atoms with E-state index in [2.05, 4.69) is 12.3 Å². The van der Waals surface area contributed by atoms with E-state index in [1.54, 1.807) is 6.08 Å². The van der Waals surface area contributed by atoms with Crippen molar-refractivity contribution >= 4 is 29.3 Å². The van der Waals surface area contributed by atoms with Gasteiger partial charge in [0.2, 0.25) is 5.78 Å². The Hall–Kier alpha value is -1.69. The molecule has 2 N–H and O–H groups in total. The van der Waals surface area contributed by atoms with Gasteiger partial charge in [0.15, 0.2) is 12.4 Å². The molecule has 8 heteroatoms. The van der Waals surface area contributed by atoms with Gasteiger partial charge in [-0.1, -0.05) is 19.4 Å². The number of Topliss-reactive ketones (excluding diaryl/α,β-unsaturated/α-hetero) is 1. The van der Waals surface area contributed by atoms with Crippen LogP contribution in [0.5, 0.6) is 0 Å². The van der Waals surface area contributed by atoms with Crippen LogP contribution in [-0.4, -0.2) is 50.8 Å². The van der Waals surface area contributed by atoms with Gasteiger partial charge in [0.25, 0.3) is 0 Å². The lowest BCUT2D eigenvalue weighted by Crippen LogP contribution is -2.70. The van der Waals surface area contributed by atoms with Gasteiger partial charge in [0, 0.05) is 24.2 Å². The van der Waals surface area contributed by atoms with E-state index in [9.17, 15) is 29.9 Å². The number of fused-ring (bicyclic) bond motifs is 5. The summed E-state index contributed by atoms with van der Waals surface area (Å²) >= 11 is 1.12. The highest BCUT2D eigenvalue weighted by Gasteiger charge is 2.74. The molecule has 7 atom stereocenters. The number of thioether (sulfide) groups is 1. The third kappa shape index (κ3) is 2.90. The van der Waals surface area contributed by atoms with Gasteiger partial charge in [-0.15, -0.1) is 0 Å². The van der Waals surface area contributed by atoms with E-state index in [0.717, 1.165) is 17.3 Å². The highest BCUT2D eigenvalue weighted by molar-refractivity contribution is 8.05. The zero-order valence-corrected chi connectivity index (χ0v) is 19.7. The molecule has 32 heavy (non-hydrogen) atoms. The van der Waals surface area contributed by atoms with Crippen LogP contribution in [0.1, 0.15) is 65.7 Å². The van der Waals surface area contributed by atoms with Crippen molar-refractivity contribution in [3.05, 3.63) is 11.6 Å². The Morgan fingerprint density at radius 1 is 1.25 bits per heavy atom. The van der Waals surface area contributed by atoms with Crippen LogP contribution < -0.4 is 0 Å². The number of rotatable bonds is 4. The van der Waals surface area contributed by atoms with Gasteiger partial charge in [0.1, 0.15) is 11.0 Å². The molecule has 0 aromatic rings. The molecule has 7 nitrogen and oxygen atoms in total. The lowest BCUT2D eigenvalue weighted by atomic mass is 9.44. The summed E-state index contributed by atoms with van der Waals surface area (Å²) < 4.78 is 4.09. The van der Waals surface area contributed by atoms with E-state index in [1.807, 2.05) is 6.92 Å². The third-order valence-corrected chi connectivity index (χ3v) is 10.8. The van der Waals surface area contributed by atoms with Crippen LogP contribution >= 0.6 is 11.8 Å². The van der Waals surface area contributed by atoms with Crippen molar-refractivity contribution in [2.75, 3.05) is 6.61 Å². The van der Waals surface area contributed by atoms with Gasteiger partial charge >= 0.3 is 5.97 Å². The summed E-state index contributed by atoms with van der Waals surface area (Å²) in [5.74, 6) is -1.19. The van der Waals surface area contributed by atoms with Crippen LogP contribution in [0, 0.1) is 33.3 Å². The highest BCUT2D eigenvalue weighted by atomic mass is 32.2. The molecule has 0 amide bonds. The SMILES string of the molecule is CC(=O)OCC(=O)[C@@]1(O)CC[C@H]2[C@@H]3CCC4=CC(=O)CC[C@]4(C)[C@@]3(SC#N)C(O)C[C@@]21C. The summed E-state index contributed by atoms with van der Waals surface area (Å²) in [6.45, 7) is 4.66. The molecule has 0 bridgehead atoms. The number of thiocyanates is 1. The molecule has 0 radical (unpaired) electrons.